The van der Waals surface area contributed by atoms with Crippen molar-refractivity contribution in [3.63, 3.8) is 0 Å². The molecule has 1 aromatic carbocycles. The van der Waals surface area contributed by atoms with Gasteiger partial charge in [0.15, 0.2) is 0 Å². The van der Waals surface area contributed by atoms with Gasteiger partial charge >= 0.3 is 6.61 Å². The van der Waals surface area contributed by atoms with Crippen LogP contribution < -0.4 is 10.1 Å². The zero-order chi connectivity index (χ0) is 13.7. The van der Waals surface area contributed by atoms with Crippen LogP contribution in [0.4, 0.5) is 8.78 Å². The highest BCUT2D eigenvalue weighted by Gasteiger charge is 2.15. The quantitative estimate of drug-likeness (QED) is 0.911. The van der Waals surface area contributed by atoms with Gasteiger partial charge < -0.3 is 14.8 Å². The maximum atomic E-state index is 12.3. The molecule has 0 saturated carbocycles. The minimum atomic E-state index is -2.81. The Kier molecular flexibility index (Phi) is 4.87. The average molecular weight is 269 g/mol. The van der Waals surface area contributed by atoms with Crippen molar-refractivity contribution in [2.24, 2.45) is 0 Å². The number of benzene rings is 1. The van der Waals surface area contributed by atoms with Crippen molar-refractivity contribution >= 4 is 6.08 Å². The van der Waals surface area contributed by atoms with Gasteiger partial charge in [0.05, 0.1) is 13.2 Å². The molecule has 1 aliphatic heterocycles. The van der Waals surface area contributed by atoms with Crippen molar-refractivity contribution in [3.8, 4) is 5.75 Å². The first-order chi connectivity index (χ1) is 9.15. The second kappa shape index (κ2) is 6.63. The number of rotatable bonds is 4. The maximum Gasteiger partial charge on any atom is 0.387 e. The molecule has 104 valence electrons. The Morgan fingerprint density at radius 2 is 2.16 bits per heavy atom. The average Bonchev–Trinajstić information content (AvgIpc) is 2.37. The summed E-state index contributed by atoms with van der Waals surface area (Å²) in [5, 5.41) is 3.35. The molecule has 1 aromatic rings. The molecular formula is C14H17F2NO2. The highest BCUT2D eigenvalue weighted by Crippen LogP contribution is 2.21. The molecule has 0 spiro atoms. The fraction of sp³-hybridized carbons (Fsp3) is 0.429. The summed E-state index contributed by atoms with van der Waals surface area (Å²) in [6.07, 6.45) is 3.68. The van der Waals surface area contributed by atoms with Gasteiger partial charge in [-0.1, -0.05) is 30.4 Å². The number of morpholine rings is 1. The second-order valence-electron chi connectivity index (χ2n) is 4.49. The second-order valence-corrected chi connectivity index (χ2v) is 4.49. The van der Waals surface area contributed by atoms with E-state index in [4.69, 9.17) is 4.74 Å². The Hall–Kier alpha value is -1.46. The highest BCUT2D eigenvalue weighted by molar-refractivity contribution is 5.57. The molecule has 19 heavy (non-hydrogen) atoms. The molecule has 1 aliphatic rings. The molecule has 1 heterocycles. The fourth-order valence-corrected chi connectivity index (χ4v) is 1.99. The van der Waals surface area contributed by atoms with E-state index in [9.17, 15) is 8.78 Å². The smallest absolute Gasteiger partial charge is 0.387 e. The van der Waals surface area contributed by atoms with Crippen LogP contribution in [0, 0.1) is 0 Å². The predicted molar refractivity (Wildman–Crippen MR) is 69.3 cm³/mol. The van der Waals surface area contributed by atoms with Crippen LogP contribution in [0.1, 0.15) is 12.5 Å². The van der Waals surface area contributed by atoms with Crippen LogP contribution >= 0.6 is 0 Å². The molecular weight excluding hydrogens is 252 g/mol. The van der Waals surface area contributed by atoms with Crippen LogP contribution in [0.3, 0.4) is 0 Å². The van der Waals surface area contributed by atoms with E-state index in [1.165, 1.54) is 6.07 Å². The van der Waals surface area contributed by atoms with Crippen molar-refractivity contribution in [2.45, 2.75) is 25.6 Å². The SMILES string of the molecule is CC1COCC(/C=C/c2ccccc2OC(F)F)N1. The molecule has 0 bridgehead atoms. The van der Waals surface area contributed by atoms with Crippen molar-refractivity contribution < 1.29 is 18.3 Å². The lowest BCUT2D eigenvalue weighted by atomic mass is 10.1. The lowest BCUT2D eigenvalue weighted by molar-refractivity contribution is -0.0499. The summed E-state index contributed by atoms with van der Waals surface area (Å²) in [5.74, 6) is 0.179. The van der Waals surface area contributed by atoms with Crippen molar-refractivity contribution in [3.05, 3.63) is 35.9 Å². The minimum absolute atomic E-state index is 0.0864. The lowest BCUT2D eigenvalue weighted by Crippen LogP contribution is -2.46. The Labute approximate surface area is 111 Å². The fourth-order valence-electron chi connectivity index (χ4n) is 1.99. The first kappa shape index (κ1) is 14.0. The number of ether oxygens (including phenoxy) is 2. The summed E-state index contributed by atoms with van der Waals surface area (Å²) >= 11 is 0. The number of alkyl halides is 2. The van der Waals surface area contributed by atoms with Crippen LogP contribution in [0.15, 0.2) is 30.3 Å². The molecule has 2 atom stereocenters. The number of nitrogens with one attached hydrogen (secondary N) is 1. The molecule has 3 nitrogen and oxygen atoms in total. The van der Waals surface area contributed by atoms with Gasteiger partial charge in [-0.15, -0.1) is 0 Å². The largest absolute Gasteiger partial charge is 0.434 e. The summed E-state index contributed by atoms with van der Waals surface area (Å²) in [4.78, 5) is 0. The molecule has 0 radical (unpaired) electrons. The predicted octanol–water partition coefficient (Wildman–Crippen LogP) is 2.68. The monoisotopic (exact) mass is 269 g/mol. The van der Waals surface area contributed by atoms with Gasteiger partial charge in [0, 0.05) is 17.6 Å². The third-order valence-electron chi connectivity index (χ3n) is 2.81. The van der Waals surface area contributed by atoms with E-state index in [0.717, 1.165) is 0 Å². The Morgan fingerprint density at radius 1 is 1.37 bits per heavy atom. The summed E-state index contributed by atoms with van der Waals surface area (Å²) < 4.78 is 34.4. The number of hydrogen-bond donors (Lipinski definition) is 1. The topological polar surface area (TPSA) is 30.5 Å². The van der Waals surface area contributed by atoms with E-state index >= 15 is 0 Å². The molecule has 2 unspecified atom stereocenters. The van der Waals surface area contributed by atoms with Crippen molar-refractivity contribution in [1.29, 1.82) is 0 Å². The van der Waals surface area contributed by atoms with Gasteiger partial charge in [-0.05, 0) is 13.0 Å². The molecule has 0 aliphatic carbocycles. The summed E-state index contributed by atoms with van der Waals surface area (Å²) in [6, 6.07) is 7.09. The minimum Gasteiger partial charge on any atom is -0.434 e. The van der Waals surface area contributed by atoms with E-state index < -0.39 is 6.61 Å². The molecule has 0 amide bonds. The molecule has 1 N–H and O–H groups in total. The standard InChI is InChI=1S/C14H17F2NO2/c1-10-8-18-9-12(17-10)7-6-11-4-2-3-5-13(11)19-14(15)16/h2-7,10,12,14,17H,8-9H2,1H3/b7-6+. The van der Waals surface area contributed by atoms with Gasteiger partial charge in [-0.2, -0.15) is 8.78 Å². The van der Waals surface area contributed by atoms with E-state index in [-0.39, 0.29) is 17.8 Å². The van der Waals surface area contributed by atoms with Crippen LogP contribution in [-0.2, 0) is 4.74 Å². The van der Waals surface area contributed by atoms with Crippen LogP contribution in [0.5, 0.6) is 5.75 Å². The Bertz CT molecular complexity index is 437. The lowest BCUT2D eigenvalue weighted by Gasteiger charge is -2.26. The van der Waals surface area contributed by atoms with Gasteiger partial charge in [0.1, 0.15) is 5.75 Å². The van der Waals surface area contributed by atoms with Crippen LogP contribution in [0.2, 0.25) is 0 Å². The summed E-state index contributed by atoms with van der Waals surface area (Å²) in [7, 11) is 0. The zero-order valence-corrected chi connectivity index (χ0v) is 10.7. The van der Waals surface area contributed by atoms with Gasteiger partial charge in [-0.25, -0.2) is 0 Å². The Balaban J connectivity index is 2.05. The molecule has 0 aromatic heterocycles. The third kappa shape index (κ3) is 4.29. The van der Waals surface area contributed by atoms with Crippen molar-refractivity contribution in [2.75, 3.05) is 13.2 Å². The van der Waals surface area contributed by atoms with E-state index in [1.807, 2.05) is 13.0 Å². The van der Waals surface area contributed by atoms with E-state index in [1.54, 1.807) is 24.3 Å². The molecule has 5 heteroatoms. The van der Waals surface area contributed by atoms with Gasteiger partial charge in [-0.3, -0.25) is 0 Å². The number of para-hydroxylation sites is 1. The van der Waals surface area contributed by atoms with Crippen LogP contribution in [-0.4, -0.2) is 31.9 Å². The Morgan fingerprint density at radius 3 is 2.89 bits per heavy atom. The maximum absolute atomic E-state index is 12.3. The molecule has 1 saturated heterocycles. The van der Waals surface area contributed by atoms with Crippen LogP contribution in [0.25, 0.3) is 6.08 Å². The molecule has 2 rings (SSSR count). The summed E-state index contributed by atoms with van der Waals surface area (Å²) in [6.45, 7) is 0.493. The van der Waals surface area contributed by atoms with Gasteiger partial charge in [0.25, 0.3) is 0 Å². The normalized spacial score (nSPS) is 24.0. The highest BCUT2D eigenvalue weighted by atomic mass is 19.3. The number of halogens is 2. The first-order valence-electron chi connectivity index (χ1n) is 6.21. The van der Waals surface area contributed by atoms with E-state index in [0.29, 0.717) is 18.8 Å². The zero-order valence-electron chi connectivity index (χ0n) is 10.7. The third-order valence-corrected chi connectivity index (χ3v) is 2.81. The van der Waals surface area contributed by atoms with Crippen molar-refractivity contribution in [1.82, 2.24) is 5.32 Å². The summed E-state index contributed by atoms with van der Waals surface area (Å²) in [5.41, 5.74) is 0.628. The van der Waals surface area contributed by atoms with E-state index in [2.05, 4.69) is 10.1 Å². The van der Waals surface area contributed by atoms with Gasteiger partial charge in [0.2, 0.25) is 0 Å². The molecule has 1 fully saturated rings. The first-order valence-corrected chi connectivity index (χ1v) is 6.21. The number of hydrogen-bond acceptors (Lipinski definition) is 3.